The van der Waals surface area contributed by atoms with Gasteiger partial charge in [-0.05, 0) is 36.8 Å². The van der Waals surface area contributed by atoms with Crippen LogP contribution in [0.1, 0.15) is 37.8 Å². The van der Waals surface area contributed by atoms with Crippen LogP contribution in [0.15, 0.2) is 59.6 Å². The Hall–Kier alpha value is -3.08. The molecule has 0 spiro atoms. The van der Waals surface area contributed by atoms with Crippen LogP contribution >= 0.6 is 0 Å². The fraction of sp³-hybridized carbons (Fsp3) is 0.333. The Morgan fingerprint density at radius 2 is 1.83 bits per heavy atom. The average Bonchev–Trinajstić information content (AvgIpc) is 3.03. The van der Waals surface area contributed by atoms with Gasteiger partial charge in [-0.2, -0.15) is 0 Å². The van der Waals surface area contributed by atoms with Gasteiger partial charge in [-0.25, -0.2) is 0 Å². The number of rotatable bonds is 9. The number of nitrogens with zero attached hydrogens (tertiary/aromatic N) is 1. The summed E-state index contributed by atoms with van der Waals surface area (Å²) in [4.78, 5) is 20.3. The molecule has 2 aromatic carbocycles. The Labute approximate surface area is 171 Å². The number of hydrogen-bond acceptors (Lipinski definition) is 3. The molecule has 29 heavy (non-hydrogen) atoms. The highest BCUT2D eigenvalue weighted by atomic mass is 16.3. The second kappa shape index (κ2) is 9.92. The first-order valence-corrected chi connectivity index (χ1v) is 10.2. The molecule has 5 heteroatoms. The average molecular weight is 392 g/mol. The van der Waals surface area contributed by atoms with Crippen LogP contribution in [0.2, 0.25) is 0 Å². The molecular weight excluding hydrogens is 362 g/mol. The smallest absolute Gasteiger partial charge is 0.244 e. The van der Waals surface area contributed by atoms with Crippen LogP contribution in [0, 0.1) is 5.92 Å². The molecule has 1 amide bonds. The van der Waals surface area contributed by atoms with Crippen molar-refractivity contribution in [1.82, 2.24) is 10.3 Å². The number of carbonyl (C=O) groups excluding carboxylic acids is 1. The minimum atomic E-state index is -0.504. The van der Waals surface area contributed by atoms with Crippen molar-refractivity contribution in [2.75, 3.05) is 6.54 Å². The number of aromatic nitrogens is 1. The van der Waals surface area contributed by atoms with Gasteiger partial charge in [0.2, 0.25) is 5.91 Å². The van der Waals surface area contributed by atoms with Crippen LogP contribution < -0.4 is 5.32 Å². The topological polar surface area (TPSA) is 77.5 Å². The summed E-state index contributed by atoms with van der Waals surface area (Å²) in [6, 6.07) is 17.2. The van der Waals surface area contributed by atoms with E-state index in [1.807, 2.05) is 42.5 Å². The highest BCUT2D eigenvalue weighted by Crippen LogP contribution is 2.25. The van der Waals surface area contributed by atoms with E-state index in [2.05, 4.69) is 41.3 Å². The van der Waals surface area contributed by atoms with Gasteiger partial charge in [0.25, 0.3) is 0 Å². The van der Waals surface area contributed by atoms with E-state index < -0.39 is 6.04 Å². The van der Waals surface area contributed by atoms with Gasteiger partial charge in [0.15, 0.2) is 5.88 Å². The van der Waals surface area contributed by atoms with Crippen LogP contribution in [0.5, 0.6) is 5.88 Å². The first-order chi connectivity index (χ1) is 14.0. The zero-order valence-electron chi connectivity index (χ0n) is 17.1. The standard InChI is InChI=1S/C24H29N3O2/c1-17(2)14-15-25-24(29)22(13-12-18-8-4-3-5-9-18)26-16-20-19-10-6-7-11-21(19)27-23(20)28/h3-11,16-17,22,27-28H,12-15H2,1-2H3,(H,25,29)/t22-/m0/s1. The van der Waals surface area contributed by atoms with Gasteiger partial charge >= 0.3 is 0 Å². The molecule has 1 heterocycles. The van der Waals surface area contributed by atoms with Gasteiger partial charge in [0, 0.05) is 23.7 Å². The second-order valence-electron chi connectivity index (χ2n) is 7.72. The monoisotopic (exact) mass is 391 g/mol. The lowest BCUT2D eigenvalue weighted by Gasteiger charge is -2.14. The lowest BCUT2D eigenvalue weighted by atomic mass is 10.0. The number of carbonyl (C=O) groups is 1. The normalized spacial score (nSPS) is 12.7. The molecule has 1 aromatic heterocycles. The first kappa shape index (κ1) is 20.6. The molecular formula is C24H29N3O2. The minimum absolute atomic E-state index is 0.0666. The zero-order valence-corrected chi connectivity index (χ0v) is 17.1. The number of aromatic hydroxyl groups is 1. The highest BCUT2D eigenvalue weighted by Gasteiger charge is 2.17. The largest absolute Gasteiger partial charge is 0.494 e. The van der Waals surface area contributed by atoms with Crippen LogP contribution in [0.25, 0.3) is 10.9 Å². The molecule has 0 aliphatic carbocycles. The molecule has 3 N–H and O–H groups in total. The summed E-state index contributed by atoms with van der Waals surface area (Å²) in [7, 11) is 0. The fourth-order valence-corrected chi connectivity index (χ4v) is 3.27. The van der Waals surface area contributed by atoms with E-state index >= 15 is 0 Å². The van der Waals surface area contributed by atoms with E-state index in [0.29, 0.717) is 24.4 Å². The van der Waals surface area contributed by atoms with E-state index in [0.717, 1.165) is 23.7 Å². The van der Waals surface area contributed by atoms with Crippen molar-refractivity contribution in [3.63, 3.8) is 0 Å². The predicted octanol–water partition coefficient (Wildman–Crippen LogP) is 4.46. The van der Waals surface area contributed by atoms with E-state index in [1.165, 1.54) is 5.56 Å². The number of hydrogen-bond donors (Lipinski definition) is 3. The Morgan fingerprint density at radius 3 is 2.59 bits per heavy atom. The minimum Gasteiger partial charge on any atom is -0.494 e. The molecule has 3 rings (SSSR count). The number of para-hydroxylation sites is 1. The molecule has 3 aromatic rings. The molecule has 0 aliphatic heterocycles. The van der Waals surface area contributed by atoms with Gasteiger partial charge < -0.3 is 15.4 Å². The second-order valence-corrected chi connectivity index (χ2v) is 7.72. The Balaban J connectivity index is 1.76. The number of amides is 1. The maximum Gasteiger partial charge on any atom is 0.244 e. The maximum atomic E-state index is 12.8. The number of aromatic amines is 1. The Bertz CT molecular complexity index is 961. The fourth-order valence-electron chi connectivity index (χ4n) is 3.27. The number of nitrogens with one attached hydrogen (secondary N) is 2. The molecule has 0 radical (unpaired) electrons. The Kier molecular flexibility index (Phi) is 7.06. The number of H-pyrrole nitrogens is 1. The van der Waals surface area contributed by atoms with Crippen LogP contribution in [0.4, 0.5) is 0 Å². The quantitative estimate of drug-likeness (QED) is 0.471. The van der Waals surface area contributed by atoms with E-state index in [-0.39, 0.29) is 11.8 Å². The lowest BCUT2D eigenvalue weighted by Crippen LogP contribution is -2.35. The summed E-state index contributed by atoms with van der Waals surface area (Å²) >= 11 is 0. The predicted molar refractivity (Wildman–Crippen MR) is 119 cm³/mol. The van der Waals surface area contributed by atoms with Crippen LogP contribution in [-0.2, 0) is 11.2 Å². The van der Waals surface area contributed by atoms with Gasteiger partial charge in [-0.3, -0.25) is 9.79 Å². The number of aryl methyl sites for hydroxylation is 1. The summed E-state index contributed by atoms with van der Waals surface area (Å²) < 4.78 is 0. The Morgan fingerprint density at radius 1 is 1.10 bits per heavy atom. The van der Waals surface area contributed by atoms with Gasteiger partial charge in [-0.1, -0.05) is 62.4 Å². The summed E-state index contributed by atoms with van der Waals surface area (Å²) in [6.07, 6.45) is 3.92. The third-order valence-electron chi connectivity index (χ3n) is 4.98. The number of aliphatic imine (C=N–C) groups is 1. The van der Waals surface area contributed by atoms with Crippen molar-refractivity contribution >= 4 is 23.0 Å². The molecule has 0 saturated heterocycles. The molecule has 0 bridgehead atoms. The molecule has 152 valence electrons. The first-order valence-electron chi connectivity index (χ1n) is 10.2. The lowest BCUT2D eigenvalue weighted by molar-refractivity contribution is -0.122. The molecule has 0 aliphatic rings. The SMILES string of the molecule is CC(C)CCNC(=O)[C@H](CCc1ccccc1)N=Cc1c(O)[nH]c2ccccc12. The van der Waals surface area contributed by atoms with E-state index in [1.54, 1.807) is 6.21 Å². The number of fused-ring (bicyclic) bond motifs is 1. The van der Waals surface area contributed by atoms with Crippen LogP contribution in [-0.4, -0.2) is 34.8 Å². The van der Waals surface area contributed by atoms with E-state index in [9.17, 15) is 9.90 Å². The van der Waals surface area contributed by atoms with E-state index in [4.69, 9.17) is 0 Å². The summed E-state index contributed by atoms with van der Waals surface area (Å²) in [5.74, 6) is 0.527. The van der Waals surface area contributed by atoms with Gasteiger partial charge in [0.1, 0.15) is 6.04 Å². The van der Waals surface area contributed by atoms with Crippen molar-refractivity contribution in [2.45, 2.75) is 39.2 Å². The van der Waals surface area contributed by atoms with Crippen LogP contribution in [0.3, 0.4) is 0 Å². The van der Waals surface area contributed by atoms with Crippen molar-refractivity contribution in [2.24, 2.45) is 10.9 Å². The third-order valence-corrected chi connectivity index (χ3v) is 4.98. The van der Waals surface area contributed by atoms with Crippen molar-refractivity contribution in [3.05, 3.63) is 65.7 Å². The molecule has 0 saturated carbocycles. The summed E-state index contributed by atoms with van der Waals surface area (Å²) in [5.41, 5.74) is 2.63. The van der Waals surface area contributed by atoms with Crippen molar-refractivity contribution < 1.29 is 9.90 Å². The molecule has 1 atom stereocenters. The number of benzene rings is 2. The summed E-state index contributed by atoms with van der Waals surface area (Å²) in [6.45, 7) is 4.92. The third kappa shape index (κ3) is 5.70. The summed E-state index contributed by atoms with van der Waals surface area (Å²) in [5, 5.41) is 14.1. The highest BCUT2D eigenvalue weighted by molar-refractivity contribution is 6.02. The van der Waals surface area contributed by atoms with Crippen molar-refractivity contribution in [3.8, 4) is 5.88 Å². The molecule has 0 fully saturated rings. The van der Waals surface area contributed by atoms with Gasteiger partial charge in [-0.15, -0.1) is 0 Å². The molecule has 0 unspecified atom stereocenters. The zero-order chi connectivity index (χ0) is 20.6. The maximum absolute atomic E-state index is 12.8. The van der Waals surface area contributed by atoms with Crippen molar-refractivity contribution in [1.29, 1.82) is 0 Å². The molecule has 5 nitrogen and oxygen atoms in total. The van der Waals surface area contributed by atoms with Gasteiger partial charge in [0.05, 0.1) is 5.56 Å².